The molecular weight excluding hydrogens is 322 g/mol. The summed E-state index contributed by atoms with van der Waals surface area (Å²) in [6.07, 6.45) is 2.48. The molecule has 7 heteroatoms. The van der Waals surface area contributed by atoms with Crippen LogP contribution in [0.25, 0.3) is 10.8 Å². The van der Waals surface area contributed by atoms with E-state index in [-0.39, 0.29) is 23.4 Å². The number of nitrogens with zero attached hydrogens (tertiary/aromatic N) is 1. The van der Waals surface area contributed by atoms with E-state index in [1.54, 1.807) is 25.1 Å². The van der Waals surface area contributed by atoms with Crippen molar-refractivity contribution in [2.45, 2.75) is 44.6 Å². The Morgan fingerprint density at radius 3 is 2.48 bits per heavy atom. The van der Waals surface area contributed by atoms with Crippen molar-refractivity contribution in [1.29, 1.82) is 0 Å². The number of nitrogens with one attached hydrogen (secondary N) is 2. The number of hydrogen-bond acceptors (Lipinski definition) is 4. The van der Waals surface area contributed by atoms with Crippen LogP contribution in [0, 0.1) is 5.92 Å². The summed E-state index contributed by atoms with van der Waals surface area (Å²) in [5, 5.41) is 19.7. The van der Waals surface area contributed by atoms with Crippen molar-refractivity contribution in [3.8, 4) is 0 Å². The second-order valence-corrected chi connectivity index (χ2v) is 6.60. The average Bonchev–Trinajstić information content (AvgIpc) is 2.62. The fraction of sp³-hybridized carbons (Fsp3) is 0.444. The van der Waals surface area contributed by atoms with E-state index in [1.807, 2.05) is 6.07 Å². The number of carboxylic acid groups (broad SMARTS) is 1. The maximum atomic E-state index is 12.6. The third-order valence-electron chi connectivity index (χ3n) is 4.95. The molecule has 1 aromatic carbocycles. The van der Waals surface area contributed by atoms with Crippen LogP contribution in [0.2, 0.25) is 0 Å². The molecule has 0 radical (unpaired) electrons. The number of hydrogen-bond donors (Lipinski definition) is 3. The third kappa shape index (κ3) is 3.55. The van der Waals surface area contributed by atoms with E-state index >= 15 is 0 Å². The number of H-pyrrole nitrogens is 1. The number of aromatic nitrogens is 2. The number of aromatic amines is 1. The van der Waals surface area contributed by atoms with Gasteiger partial charge in [-0.15, -0.1) is 0 Å². The first-order valence-electron chi connectivity index (χ1n) is 8.48. The molecule has 1 saturated carbocycles. The summed E-state index contributed by atoms with van der Waals surface area (Å²) in [6.45, 7) is 1.76. The molecule has 3 N–H and O–H groups in total. The first kappa shape index (κ1) is 17.1. The Morgan fingerprint density at radius 1 is 1.20 bits per heavy atom. The van der Waals surface area contributed by atoms with Crippen molar-refractivity contribution in [3.05, 3.63) is 40.3 Å². The second-order valence-electron chi connectivity index (χ2n) is 6.60. The van der Waals surface area contributed by atoms with Gasteiger partial charge < -0.3 is 10.4 Å². The van der Waals surface area contributed by atoms with Crippen molar-refractivity contribution in [2.75, 3.05) is 0 Å². The summed E-state index contributed by atoms with van der Waals surface area (Å²) in [4.78, 5) is 35.5. The zero-order chi connectivity index (χ0) is 18.0. The van der Waals surface area contributed by atoms with Gasteiger partial charge in [0.25, 0.3) is 5.56 Å². The fourth-order valence-electron chi connectivity index (χ4n) is 3.40. The number of aliphatic carboxylic acids is 1. The van der Waals surface area contributed by atoms with Crippen LogP contribution in [0.15, 0.2) is 29.1 Å². The Kier molecular flexibility index (Phi) is 4.83. The van der Waals surface area contributed by atoms with Crippen LogP contribution in [-0.2, 0) is 9.59 Å². The highest BCUT2D eigenvalue weighted by Gasteiger charge is 2.28. The van der Waals surface area contributed by atoms with Gasteiger partial charge in [0.1, 0.15) is 0 Å². The highest BCUT2D eigenvalue weighted by molar-refractivity contribution is 5.91. The molecule has 0 aliphatic heterocycles. The maximum Gasteiger partial charge on any atom is 0.306 e. The summed E-state index contributed by atoms with van der Waals surface area (Å²) in [5.74, 6) is -1.75. The van der Waals surface area contributed by atoms with Crippen LogP contribution in [0.4, 0.5) is 0 Å². The lowest BCUT2D eigenvalue weighted by Gasteiger charge is -2.27. The number of carbonyl (C=O) groups excluding carboxylic acids is 1. The minimum Gasteiger partial charge on any atom is -0.481 e. The number of carboxylic acids is 1. The summed E-state index contributed by atoms with van der Waals surface area (Å²) in [7, 11) is 0. The molecule has 1 aromatic heterocycles. The monoisotopic (exact) mass is 343 g/mol. The number of benzene rings is 1. The van der Waals surface area contributed by atoms with Gasteiger partial charge in [0, 0.05) is 11.4 Å². The smallest absolute Gasteiger partial charge is 0.306 e. The Balaban J connectivity index is 1.73. The molecule has 132 valence electrons. The quantitative estimate of drug-likeness (QED) is 0.783. The van der Waals surface area contributed by atoms with Crippen LogP contribution in [-0.4, -0.2) is 33.2 Å². The number of fused-ring (bicyclic) bond motifs is 1. The normalized spacial score (nSPS) is 21.6. The second kappa shape index (κ2) is 7.04. The molecule has 1 aliphatic rings. The molecule has 1 atom stereocenters. The molecule has 1 heterocycles. The Bertz CT molecular complexity index is 853. The lowest BCUT2D eigenvalue weighted by molar-refractivity contribution is -0.142. The number of amides is 1. The van der Waals surface area contributed by atoms with Crippen LogP contribution in [0.3, 0.4) is 0 Å². The molecule has 1 unspecified atom stereocenters. The van der Waals surface area contributed by atoms with Gasteiger partial charge in [0.05, 0.1) is 22.9 Å². The maximum absolute atomic E-state index is 12.6. The summed E-state index contributed by atoms with van der Waals surface area (Å²) >= 11 is 0. The first-order chi connectivity index (χ1) is 12.0. The SMILES string of the molecule is CC(C(=O)NC1CCC(C(=O)O)CC1)c1n[nH]c(=O)c2ccccc12. The topological polar surface area (TPSA) is 112 Å². The van der Waals surface area contributed by atoms with Gasteiger partial charge in [0.15, 0.2) is 0 Å². The standard InChI is InChI=1S/C18H21N3O4/c1-10(15-13-4-2-3-5-14(13)17(23)21-20-15)16(22)19-12-8-6-11(7-9-12)18(24)25/h2-5,10-12H,6-9H2,1H3,(H,19,22)(H,21,23)(H,24,25). The van der Waals surface area contributed by atoms with Crippen LogP contribution in [0.1, 0.15) is 44.2 Å². The van der Waals surface area contributed by atoms with E-state index in [0.29, 0.717) is 42.1 Å². The molecule has 0 saturated heterocycles. The summed E-state index contributed by atoms with van der Waals surface area (Å²) < 4.78 is 0. The molecule has 7 nitrogen and oxygen atoms in total. The zero-order valence-corrected chi connectivity index (χ0v) is 14.0. The highest BCUT2D eigenvalue weighted by Crippen LogP contribution is 2.26. The minimum absolute atomic E-state index is 0.0143. The van der Waals surface area contributed by atoms with Crippen molar-refractivity contribution in [2.24, 2.45) is 5.92 Å². The van der Waals surface area contributed by atoms with E-state index in [9.17, 15) is 14.4 Å². The predicted molar refractivity (Wildman–Crippen MR) is 92.3 cm³/mol. The zero-order valence-electron chi connectivity index (χ0n) is 14.0. The van der Waals surface area contributed by atoms with Gasteiger partial charge in [0.2, 0.25) is 5.91 Å². The minimum atomic E-state index is -0.762. The summed E-state index contributed by atoms with van der Waals surface area (Å²) in [6, 6.07) is 7.06. The van der Waals surface area contributed by atoms with Gasteiger partial charge in [-0.25, -0.2) is 5.10 Å². The predicted octanol–water partition coefficient (Wildman–Crippen LogP) is 1.79. The average molecular weight is 343 g/mol. The van der Waals surface area contributed by atoms with Crippen molar-refractivity contribution >= 4 is 22.6 Å². The van der Waals surface area contributed by atoms with Gasteiger partial charge in [-0.2, -0.15) is 5.10 Å². The van der Waals surface area contributed by atoms with Gasteiger partial charge >= 0.3 is 5.97 Å². The van der Waals surface area contributed by atoms with Gasteiger partial charge in [-0.3, -0.25) is 14.4 Å². The van der Waals surface area contributed by atoms with Crippen LogP contribution in [0.5, 0.6) is 0 Å². The van der Waals surface area contributed by atoms with E-state index in [1.165, 1.54) is 0 Å². The fourth-order valence-corrected chi connectivity index (χ4v) is 3.40. The molecule has 1 aliphatic carbocycles. The van der Waals surface area contributed by atoms with E-state index in [0.717, 1.165) is 0 Å². The molecule has 2 aromatic rings. The molecule has 1 fully saturated rings. The third-order valence-corrected chi connectivity index (χ3v) is 4.95. The first-order valence-corrected chi connectivity index (χ1v) is 8.48. The molecule has 1 amide bonds. The lowest BCUT2D eigenvalue weighted by Crippen LogP contribution is -2.40. The van der Waals surface area contributed by atoms with Crippen LogP contribution >= 0.6 is 0 Å². The number of carbonyl (C=O) groups is 2. The molecule has 0 bridgehead atoms. The van der Waals surface area contributed by atoms with E-state index in [2.05, 4.69) is 15.5 Å². The largest absolute Gasteiger partial charge is 0.481 e. The van der Waals surface area contributed by atoms with E-state index < -0.39 is 11.9 Å². The lowest BCUT2D eigenvalue weighted by atomic mass is 9.86. The Labute approximate surface area is 144 Å². The van der Waals surface area contributed by atoms with Crippen molar-refractivity contribution < 1.29 is 14.7 Å². The molecule has 3 rings (SSSR count). The molecule has 0 spiro atoms. The Hall–Kier alpha value is -2.70. The Morgan fingerprint density at radius 2 is 1.84 bits per heavy atom. The number of rotatable bonds is 4. The van der Waals surface area contributed by atoms with Gasteiger partial charge in [-0.05, 0) is 38.7 Å². The highest BCUT2D eigenvalue weighted by atomic mass is 16.4. The van der Waals surface area contributed by atoms with Crippen LogP contribution < -0.4 is 10.9 Å². The molecule has 25 heavy (non-hydrogen) atoms. The van der Waals surface area contributed by atoms with Crippen molar-refractivity contribution in [3.63, 3.8) is 0 Å². The van der Waals surface area contributed by atoms with E-state index in [4.69, 9.17) is 5.11 Å². The van der Waals surface area contributed by atoms with Gasteiger partial charge in [-0.1, -0.05) is 18.2 Å². The van der Waals surface area contributed by atoms with Crippen molar-refractivity contribution in [1.82, 2.24) is 15.5 Å². The summed E-state index contributed by atoms with van der Waals surface area (Å²) in [5.41, 5.74) is 0.255. The molecular formula is C18H21N3O4.